The van der Waals surface area contributed by atoms with Crippen LogP contribution in [0.15, 0.2) is 50.9 Å². The van der Waals surface area contributed by atoms with Crippen molar-refractivity contribution in [3.63, 3.8) is 0 Å². The first-order valence-electron chi connectivity index (χ1n) is 4.76. The van der Waals surface area contributed by atoms with E-state index in [0.717, 1.165) is 4.47 Å². The fraction of sp³-hybridized carbons (Fsp3) is 0. The third-order valence-corrected chi connectivity index (χ3v) is 4.63. The van der Waals surface area contributed by atoms with Gasteiger partial charge in [-0.25, -0.2) is 13.4 Å². The van der Waals surface area contributed by atoms with Gasteiger partial charge in [0.1, 0.15) is 10.6 Å². The minimum absolute atomic E-state index is 0.0326. The van der Waals surface area contributed by atoms with Gasteiger partial charge >= 0.3 is 0 Å². The predicted molar refractivity (Wildman–Crippen MR) is 63.9 cm³/mol. The average Bonchev–Trinajstić information content (AvgIpc) is 2.28. The van der Waals surface area contributed by atoms with Crippen LogP contribution in [0, 0.1) is 0 Å². The molecule has 0 saturated heterocycles. The number of sulfone groups is 1. The topological polar surface area (TPSA) is 56.3 Å². The minimum atomic E-state index is -3.58. The summed E-state index contributed by atoms with van der Waals surface area (Å²) in [6, 6.07) is 8.02. The normalized spacial score (nSPS) is 15.6. The molecular weight excluding hydrogens is 306 g/mol. The summed E-state index contributed by atoms with van der Waals surface area (Å²) in [5.74, 6) is 0.581. The molecule has 0 atom stereocenters. The number of ether oxygens (including phenoxy) is 1. The first-order valence-corrected chi connectivity index (χ1v) is 7.04. The molecule has 0 aliphatic carbocycles. The largest absolute Gasteiger partial charge is 0.453 e. The number of fused-ring (bicyclic) bond motifs is 2. The first kappa shape index (κ1) is 10.7. The molecule has 86 valence electrons. The van der Waals surface area contributed by atoms with E-state index in [9.17, 15) is 8.42 Å². The van der Waals surface area contributed by atoms with Crippen LogP contribution in [-0.2, 0) is 9.84 Å². The standard InChI is InChI=1S/C11H6BrNO3S/c12-7-3-4-10-9(6-7)16-8-2-1-5-13-11(8)17(10,14)15/h1-6H. The molecule has 1 aromatic carbocycles. The van der Waals surface area contributed by atoms with Crippen molar-refractivity contribution in [3.8, 4) is 11.5 Å². The highest BCUT2D eigenvalue weighted by Crippen LogP contribution is 2.42. The maximum absolute atomic E-state index is 12.2. The highest BCUT2D eigenvalue weighted by molar-refractivity contribution is 9.10. The van der Waals surface area contributed by atoms with Gasteiger partial charge in [0.2, 0.25) is 14.9 Å². The van der Waals surface area contributed by atoms with Crippen molar-refractivity contribution in [2.45, 2.75) is 9.92 Å². The Kier molecular flexibility index (Phi) is 2.24. The molecule has 0 saturated carbocycles. The van der Waals surface area contributed by atoms with Crippen LogP contribution in [0.25, 0.3) is 0 Å². The smallest absolute Gasteiger partial charge is 0.231 e. The number of halogens is 1. The van der Waals surface area contributed by atoms with Gasteiger partial charge in [-0.15, -0.1) is 0 Å². The lowest BCUT2D eigenvalue weighted by atomic mass is 10.3. The summed E-state index contributed by atoms with van der Waals surface area (Å²) >= 11 is 3.28. The van der Waals surface area contributed by atoms with Crippen LogP contribution >= 0.6 is 15.9 Å². The molecule has 0 bridgehead atoms. The van der Waals surface area contributed by atoms with Crippen molar-refractivity contribution >= 4 is 25.8 Å². The van der Waals surface area contributed by atoms with E-state index in [-0.39, 0.29) is 15.7 Å². The van der Waals surface area contributed by atoms with E-state index in [1.54, 1.807) is 24.3 Å². The maximum atomic E-state index is 12.2. The van der Waals surface area contributed by atoms with Crippen molar-refractivity contribution in [1.82, 2.24) is 4.98 Å². The highest BCUT2D eigenvalue weighted by Gasteiger charge is 2.32. The van der Waals surface area contributed by atoms with Crippen LogP contribution < -0.4 is 4.74 Å². The molecule has 1 aromatic heterocycles. The summed E-state index contributed by atoms with van der Waals surface area (Å²) in [4.78, 5) is 4.01. The van der Waals surface area contributed by atoms with E-state index in [1.807, 2.05) is 0 Å². The molecule has 17 heavy (non-hydrogen) atoms. The summed E-state index contributed by atoms with van der Waals surface area (Å²) in [5.41, 5.74) is 0. The van der Waals surface area contributed by atoms with Crippen LogP contribution in [-0.4, -0.2) is 13.4 Å². The van der Waals surface area contributed by atoms with Crippen LogP contribution in [0.2, 0.25) is 0 Å². The molecule has 0 amide bonds. The molecule has 1 aliphatic heterocycles. The first-order chi connectivity index (χ1) is 8.09. The molecule has 3 rings (SSSR count). The zero-order valence-corrected chi connectivity index (χ0v) is 10.8. The Bertz CT molecular complexity index is 712. The number of nitrogens with zero attached hydrogens (tertiary/aromatic N) is 1. The van der Waals surface area contributed by atoms with Gasteiger partial charge in [-0.3, -0.25) is 0 Å². The molecule has 6 heteroatoms. The third-order valence-electron chi connectivity index (χ3n) is 2.41. The molecule has 0 radical (unpaired) electrons. The summed E-state index contributed by atoms with van der Waals surface area (Å²) in [6.45, 7) is 0. The molecule has 2 aromatic rings. The lowest BCUT2D eigenvalue weighted by molar-refractivity contribution is 0.436. The van der Waals surface area contributed by atoms with Crippen LogP contribution in [0.3, 0.4) is 0 Å². The Morgan fingerprint density at radius 2 is 2.00 bits per heavy atom. The molecule has 4 nitrogen and oxygen atoms in total. The van der Waals surface area contributed by atoms with Crippen molar-refractivity contribution in [3.05, 3.63) is 41.0 Å². The Morgan fingerprint density at radius 3 is 2.82 bits per heavy atom. The molecule has 0 fully saturated rings. The monoisotopic (exact) mass is 311 g/mol. The SMILES string of the molecule is O=S1(=O)c2ccc(Br)cc2Oc2cccnc21. The van der Waals surface area contributed by atoms with E-state index in [4.69, 9.17) is 4.74 Å². The molecule has 0 spiro atoms. The van der Waals surface area contributed by atoms with Gasteiger partial charge in [0.25, 0.3) is 0 Å². The average molecular weight is 312 g/mol. The Labute approximate surface area is 106 Å². The molecule has 0 N–H and O–H groups in total. The number of rotatable bonds is 0. The van der Waals surface area contributed by atoms with Gasteiger partial charge in [-0.05, 0) is 30.3 Å². The van der Waals surface area contributed by atoms with E-state index in [1.165, 1.54) is 12.3 Å². The fourth-order valence-electron chi connectivity index (χ4n) is 1.66. The van der Waals surface area contributed by atoms with E-state index in [2.05, 4.69) is 20.9 Å². The second-order valence-corrected chi connectivity index (χ2v) is 6.25. The van der Waals surface area contributed by atoms with Gasteiger partial charge < -0.3 is 4.74 Å². The Balaban J connectivity index is 2.35. The molecule has 0 unspecified atom stereocenters. The highest BCUT2D eigenvalue weighted by atomic mass is 79.9. The molecule has 2 heterocycles. The summed E-state index contributed by atoms with van der Waals surface area (Å²) in [5, 5.41) is -0.0326. The lowest BCUT2D eigenvalue weighted by Crippen LogP contribution is -2.12. The summed E-state index contributed by atoms with van der Waals surface area (Å²) in [7, 11) is -3.58. The van der Waals surface area contributed by atoms with Crippen molar-refractivity contribution < 1.29 is 13.2 Å². The number of pyridine rings is 1. The van der Waals surface area contributed by atoms with Crippen LogP contribution in [0.5, 0.6) is 11.5 Å². The second kappa shape index (κ2) is 3.54. The van der Waals surface area contributed by atoms with E-state index >= 15 is 0 Å². The van der Waals surface area contributed by atoms with Crippen molar-refractivity contribution in [2.75, 3.05) is 0 Å². The fourth-order valence-corrected chi connectivity index (χ4v) is 3.40. The molecule has 1 aliphatic rings. The van der Waals surface area contributed by atoms with Gasteiger partial charge in [0.05, 0.1) is 0 Å². The van der Waals surface area contributed by atoms with Gasteiger partial charge in [-0.1, -0.05) is 15.9 Å². The quantitative estimate of drug-likeness (QED) is 0.640. The van der Waals surface area contributed by atoms with Crippen molar-refractivity contribution in [2.24, 2.45) is 0 Å². The zero-order chi connectivity index (χ0) is 12.0. The molecular formula is C11H6BrNO3S. The van der Waals surface area contributed by atoms with Gasteiger partial charge in [0, 0.05) is 10.7 Å². The van der Waals surface area contributed by atoms with Gasteiger partial charge in [0.15, 0.2) is 5.75 Å². The maximum Gasteiger partial charge on any atom is 0.231 e. The number of benzene rings is 1. The summed E-state index contributed by atoms with van der Waals surface area (Å²) < 4.78 is 30.8. The predicted octanol–water partition coefficient (Wildman–Crippen LogP) is 2.78. The Morgan fingerprint density at radius 1 is 1.18 bits per heavy atom. The van der Waals surface area contributed by atoms with E-state index < -0.39 is 9.84 Å². The number of hydrogen-bond acceptors (Lipinski definition) is 4. The number of aromatic nitrogens is 1. The number of hydrogen-bond donors (Lipinski definition) is 0. The van der Waals surface area contributed by atoms with Crippen LogP contribution in [0.1, 0.15) is 0 Å². The Hall–Kier alpha value is -1.40. The summed E-state index contributed by atoms with van der Waals surface area (Å²) in [6.07, 6.45) is 1.43. The van der Waals surface area contributed by atoms with Crippen molar-refractivity contribution in [1.29, 1.82) is 0 Å². The van der Waals surface area contributed by atoms with Gasteiger partial charge in [-0.2, -0.15) is 0 Å². The van der Waals surface area contributed by atoms with Crippen LogP contribution in [0.4, 0.5) is 0 Å². The zero-order valence-electron chi connectivity index (χ0n) is 8.42. The lowest BCUT2D eigenvalue weighted by Gasteiger charge is -2.19. The van der Waals surface area contributed by atoms with E-state index in [0.29, 0.717) is 5.75 Å². The second-order valence-electron chi connectivity index (χ2n) is 3.50. The third kappa shape index (κ3) is 1.56. The minimum Gasteiger partial charge on any atom is -0.453 e.